The molecule has 2 aromatic rings. The Labute approximate surface area is 244 Å². The number of ether oxygens (including phenoxy) is 3. The van der Waals surface area contributed by atoms with Gasteiger partial charge in [-0.05, 0) is 73.8 Å². The number of amides is 1. The first-order valence-electron chi connectivity index (χ1n) is 14.3. The van der Waals surface area contributed by atoms with Crippen molar-refractivity contribution in [2.75, 3.05) is 46.5 Å². The summed E-state index contributed by atoms with van der Waals surface area (Å²) in [5.41, 5.74) is 1.92. The molecule has 1 N–H and O–H groups in total. The van der Waals surface area contributed by atoms with E-state index in [1.165, 1.54) is 0 Å². The van der Waals surface area contributed by atoms with Gasteiger partial charge in [0.15, 0.2) is 11.5 Å². The van der Waals surface area contributed by atoms with Gasteiger partial charge in [0.1, 0.15) is 18.1 Å². The van der Waals surface area contributed by atoms with Crippen molar-refractivity contribution in [3.05, 3.63) is 71.3 Å². The average Bonchev–Trinajstić information content (AvgIpc) is 3.21. The number of ketones is 1. The van der Waals surface area contributed by atoms with Crippen LogP contribution in [0.1, 0.15) is 56.8 Å². The number of methoxy groups -OCH3 is 1. The second-order valence-electron chi connectivity index (χ2n) is 10.5. The van der Waals surface area contributed by atoms with E-state index >= 15 is 0 Å². The molecule has 0 bridgehead atoms. The Hall–Kier alpha value is -3.78. The van der Waals surface area contributed by atoms with Crippen molar-refractivity contribution < 1.29 is 28.9 Å². The van der Waals surface area contributed by atoms with Crippen LogP contribution in [0.25, 0.3) is 5.76 Å². The van der Waals surface area contributed by atoms with E-state index in [1.807, 2.05) is 13.0 Å². The number of aryl methyl sites for hydroxylation is 1. The third kappa shape index (κ3) is 7.50. The summed E-state index contributed by atoms with van der Waals surface area (Å²) in [5, 5.41) is 11.5. The Bertz CT molecular complexity index is 1260. The maximum atomic E-state index is 13.5. The van der Waals surface area contributed by atoms with Crippen LogP contribution < -0.4 is 14.2 Å². The number of likely N-dealkylation sites (N-methyl/N-ethyl adjacent to an activating group) is 1. The number of hydrogen-bond donors (Lipinski definition) is 1. The van der Waals surface area contributed by atoms with Crippen molar-refractivity contribution in [1.29, 1.82) is 0 Å². The normalized spacial score (nSPS) is 16.5. The smallest absolute Gasteiger partial charge is 0.295 e. The lowest BCUT2D eigenvalue weighted by Gasteiger charge is -2.28. The zero-order chi connectivity index (χ0) is 30.1. The highest BCUT2D eigenvalue weighted by molar-refractivity contribution is 6.46. The average molecular weight is 565 g/mol. The van der Waals surface area contributed by atoms with Crippen LogP contribution in [0.3, 0.4) is 0 Å². The number of rotatable bonds is 15. The predicted molar refractivity (Wildman–Crippen MR) is 162 cm³/mol. The third-order valence-electron chi connectivity index (χ3n) is 7.35. The second kappa shape index (κ2) is 14.7. The molecule has 2 aromatic carbocycles. The molecule has 1 heterocycles. The molecule has 0 aliphatic carbocycles. The van der Waals surface area contributed by atoms with Crippen molar-refractivity contribution in [3.8, 4) is 17.2 Å². The van der Waals surface area contributed by atoms with Crippen LogP contribution in [0.4, 0.5) is 0 Å². The van der Waals surface area contributed by atoms with Crippen LogP contribution in [-0.4, -0.2) is 73.1 Å². The van der Waals surface area contributed by atoms with Crippen LogP contribution in [0.5, 0.6) is 17.2 Å². The van der Waals surface area contributed by atoms with Gasteiger partial charge in [0.25, 0.3) is 11.7 Å². The molecule has 8 heteroatoms. The molecule has 222 valence electrons. The molecule has 1 atom stereocenters. The van der Waals surface area contributed by atoms with Crippen molar-refractivity contribution in [2.24, 2.45) is 5.92 Å². The minimum atomic E-state index is -0.791. The van der Waals surface area contributed by atoms with E-state index in [4.69, 9.17) is 14.2 Å². The third-order valence-corrected chi connectivity index (χ3v) is 7.35. The minimum Gasteiger partial charge on any atom is -0.507 e. The van der Waals surface area contributed by atoms with E-state index in [0.717, 1.165) is 25.1 Å². The lowest BCUT2D eigenvalue weighted by molar-refractivity contribution is -0.140. The van der Waals surface area contributed by atoms with Crippen LogP contribution in [0, 0.1) is 12.8 Å². The largest absolute Gasteiger partial charge is 0.507 e. The zero-order valence-electron chi connectivity index (χ0n) is 25.2. The van der Waals surface area contributed by atoms with E-state index < -0.39 is 17.7 Å². The molecule has 0 saturated carbocycles. The van der Waals surface area contributed by atoms with E-state index in [9.17, 15) is 14.7 Å². The van der Waals surface area contributed by atoms with E-state index in [2.05, 4.69) is 39.2 Å². The summed E-state index contributed by atoms with van der Waals surface area (Å²) in [7, 11) is 1.56. The number of aliphatic hydroxyl groups excluding tert-OH is 1. The van der Waals surface area contributed by atoms with Gasteiger partial charge in [-0.15, -0.1) is 0 Å². The molecule has 0 spiro atoms. The van der Waals surface area contributed by atoms with Gasteiger partial charge in [0.2, 0.25) is 0 Å². The molecular weight excluding hydrogens is 520 g/mol. The van der Waals surface area contributed by atoms with Crippen LogP contribution in [-0.2, 0) is 9.59 Å². The highest BCUT2D eigenvalue weighted by Gasteiger charge is 2.46. The number of hydrogen-bond acceptors (Lipinski definition) is 7. The monoisotopic (exact) mass is 564 g/mol. The molecule has 1 saturated heterocycles. The van der Waals surface area contributed by atoms with Crippen LogP contribution in [0.2, 0.25) is 0 Å². The molecule has 0 radical (unpaired) electrons. The molecule has 1 fully saturated rings. The highest BCUT2D eigenvalue weighted by Crippen LogP contribution is 2.42. The Morgan fingerprint density at radius 2 is 1.78 bits per heavy atom. The molecule has 1 amide bonds. The number of carbonyl (C=O) groups is 2. The quantitative estimate of drug-likeness (QED) is 0.127. The van der Waals surface area contributed by atoms with Gasteiger partial charge >= 0.3 is 0 Å². The fraction of sp³-hybridized carbons (Fsp3) is 0.455. The number of aliphatic hydroxyl groups is 1. The first-order chi connectivity index (χ1) is 19.7. The summed E-state index contributed by atoms with van der Waals surface area (Å²) < 4.78 is 17.3. The Morgan fingerprint density at radius 3 is 2.39 bits per heavy atom. The lowest BCUT2D eigenvalue weighted by Crippen LogP contribution is -2.38. The molecule has 8 nitrogen and oxygen atoms in total. The number of nitrogens with zero attached hydrogens (tertiary/aromatic N) is 2. The van der Waals surface area contributed by atoms with Gasteiger partial charge in [-0.3, -0.25) is 9.59 Å². The Balaban J connectivity index is 2.09. The fourth-order valence-corrected chi connectivity index (χ4v) is 4.89. The van der Waals surface area contributed by atoms with Gasteiger partial charge in [-0.1, -0.05) is 46.4 Å². The molecule has 1 aliphatic heterocycles. The summed E-state index contributed by atoms with van der Waals surface area (Å²) in [5.74, 6) is 0.652. The number of carbonyl (C=O) groups excluding carboxylic acids is 2. The van der Waals surface area contributed by atoms with E-state index in [0.29, 0.717) is 60.6 Å². The van der Waals surface area contributed by atoms with Crippen molar-refractivity contribution in [1.82, 2.24) is 9.80 Å². The highest BCUT2D eigenvalue weighted by atomic mass is 16.5. The number of likely N-dealkylation sites (tertiary alicyclic amines) is 1. The van der Waals surface area contributed by atoms with Crippen LogP contribution >= 0.6 is 0 Å². The summed E-state index contributed by atoms with van der Waals surface area (Å²) in [6.07, 6.45) is 2.55. The summed E-state index contributed by atoms with van der Waals surface area (Å²) in [4.78, 5) is 30.7. The second-order valence-corrected chi connectivity index (χ2v) is 10.5. The predicted octanol–water partition coefficient (Wildman–Crippen LogP) is 5.76. The minimum absolute atomic E-state index is 0.0456. The molecule has 0 aromatic heterocycles. The van der Waals surface area contributed by atoms with Gasteiger partial charge in [0.05, 0.1) is 25.3 Å². The molecule has 41 heavy (non-hydrogen) atoms. The van der Waals surface area contributed by atoms with Crippen LogP contribution in [0.15, 0.2) is 54.6 Å². The first-order valence-corrected chi connectivity index (χ1v) is 14.3. The molecule has 1 unspecified atom stereocenters. The Morgan fingerprint density at radius 1 is 1.07 bits per heavy atom. The summed E-state index contributed by atoms with van der Waals surface area (Å²) >= 11 is 0. The standard InChI is InChI=1S/C33H44N2O6/c1-8-18-40-26-13-12-25(20-23(26)6)31(36)29-30(35(33(38)32(29)37)17-16-34(9-2)10-3)24-11-14-27(28(21-24)39-7)41-19-15-22(4)5/h8,11-14,20-22,30,36H,1,9-10,15-19H2,2-7H3/b31-29+. The Kier molecular flexibility index (Phi) is 11.4. The maximum Gasteiger partial charge on any atom is 0.295 e. The fourth-order valence-electron chi connectivity index (χ4n) is 4.89. The zero-order valence-corrected chi connectivity index (χ0v) is 25.2. The van der Waals surface area contributed by atoms with Crippen molar-refractivity contribution >= 4 is 17.4 Å². The number of benzene rings is 2. The van der Waals surface area contributed by atoms with Gasteiger partial charge in [-0.2, -0.15) is 0 Å². The maximum absolute atomic E-state index is 13.5. The lowest BCUT2D eigenvalue weighted by atomic mass is 9.94. The van der Waals surface area contributed by atoms with Gasteiger partial charge in [0, 0.05) is 18.7 Å². The molecular formula is C33H44N2O6. The van der Waals surface area contributed by atoms with Gasteiger partial charge in [-0.25, -0.2) is 0 Å². The van der Waals surface area contributed by atoms with Gasteiger partial charge < -0.3 is 29.1 Å². The number of Topliss-reactive ketones (excluding diaryl/α,β-unsaturated/α-hetero) is 1. The van der Waals surface area contributed by atoms with E-state index in [1.54, 1.807) is 48.4 Å². The summed E-state index contributed by atoms with van der Waals surface area (Å²) in [6, 6.07) is 9.81. The molecule has 3 rings (SSSR count). The van der Waals surface area contributed by atoms with Crippen molar-refractivity contribution in [2.45, 2.75) is 47.1 Å². The first kappa shape index (κ1) is 31.7. The SMILES string of the molecule is C=CCOc1ccc(/C(O)=C2\C(=O)C(=O)N(CCN(CC)CC)C2c2ccc(OCCC(C)C)c(OC)c2)cc1C. The topological polar surface area (TPSA) is 88.5 Å². The summed E-state index contributed by atoms with van der Waals surface area (Å²) in [6.45, 7) is 17.4. The van der Waals surface area contributed by atoms with E-state index in [-0.39, 0.29) is 11.3 Å². The molecule has 1 aliphatic rings. The van der Waals surface area contributed by atoms with Crippen molar-refractivity contribution in [3.63, 3.8) is 0 Å².